The Bertz CT molecular complexity index is 650. The minimum Gasteiger partial charge on any atom is -0.504 e. The molecule has 0 fully saturated rings. The lowest BCUT2D eigenvalue weighted by atomic mass is 10.2. The van der Waals surface area contributed by atoms with Gasteiger partial charge in [-0.1, -0.05) is 25.4 Å². The Kier molecular flexibility index (Phi) is 4.78. The summed E-state index contributed by atoms with van der Waals surface area (Å²) >= 11 is 5.85. The van der Waals surface area contributed by atoms with Crippen LogP contribution in [0.15, 0.2) is 17.2 Å². The number of phenols is 2. The average Bonchev–Trinajstić information content (AvgIpc) is 2.38. The molecule has 0 aliphatic rings. The molecule has 19 heavy (non-hydrogen) atoms. The van der Waals surface area contributed by atoms with E-state index in [9.17, 15) is 15.0 Å². The van der Waals surface area contributed by atoms with Crippen LogP contribution in [0, 0.1) is 0 Å². The predicted molar refractivity (Wildman–Crippen MR) is 76.1 cm³/mol. The van der Waals surface area contributed by atoms with Crippen molar-refractivity contribution in [2.75, 3.05) is 0 Å². The normalized spacial score (nSPS) is 10.4. The minimum atomic E-state index is -0.500. The number of phenolic OH excluding ortho intramolecular Hbond substituents is 2. The molecule has 2 aromatic rings. The maximum absolute atomic E-state index is 12.1. The number of hydrogen-bond acceptors (Lipinski definition) is 4. The van der Waals surface area contributed by atoms with Gasteiger partial charge < -0.3 is 10.2 Å². The summed E-state index contributed by atoms with van der Waals surface area (Å²) in [4.78, 5) is 16.1. The lowest BCUT2D eigenvalue weighted by Gasteiger charge is -2.11. The van der Waals surface area contributed by atoms with E-state index in [1.165, 1.54) is 17.0 Å². The first-order valence-electron chi connectivity index (χ1n) is 6.04. The summed E-state index contributed by atoms with van der Waals surface area (Å²) in [6, 6.07) is 1.15. The van der Waals surface area contributed by atoms with Gasteiger partial charge in [0.1, 0.15) is 5.02 Å². The summed E-state index contributed by atoms with van der Waals surface area (Å²) in [6.45, 7) is 7.67. The van der Waals surface area contributed by atoms with Gasteiger partial charge in [-0.25, -0.2) is 4.98 Å². The second-order valence-electron chi connectivity index (χ2n) is 4.00. The standard InChI is InChI=1S/C11H11ClN2O3.C2H6/c1-5(2)14-4-13-6-3-7(15)10(16)9(12)8(6)11(14)17;1-2/h3-5,15-16H,1-2H3;1-2H3. The van der Waals surface area contributed by atoms with E-state index in [0.29, 0.717) is 0 Å². The molecule has 0 spiro atoms. The van der Waals surface area contributed by atoms with Gasteiger partial charge in [0.25, 0.3) is 5.56 Å². The second-order valence-corrected chi connectivity index (χ2v) is 4.38. The van der Waals surface area contributed by atoms with Crippen LogP contribution in [0.25, 0.3) is 10.9 Å². The highest BCUT2D eigenvalue weighted by molar-refractivity contribution is 6.37. The number of hydrogen-bond donors (Lipinski definition) is 2. The molecule has 0 radical (unpaired) electrons. The van der Waals surface area contributed by atoms with Crippen molar-refractivity contribution in [3.63, 3.8) is 0 Å². The molecule has 0 atom stereocenters. The number of aromatic hydroxyl groups is 2. The third kappa shape index (κ3) is 2.66. The highest BCUT2D eigenvalue weighted by Crippen LogP contribution is 2.37. The van der Waals surface area contributed by atoms with E-state index in [-0.39, 0.29) is 27.5 Å². The van der Waals surface area contributed by atoms with Crippen LogP contribution < -0.4 is 5.56 Å². The van der Waals surface area contributed by atoms with Crippen molar-refractivity contribution in [2.24, 2.45) is 0 Å². The maximum Gasteiger partial charge on any atom is 0.263 e. The van der Waals surface area contributed by atoms with Crippen molar-refractivity contribution >= 4 is 22.5 Å². The number of rotatable bonds is 1. The molecule has 0 saturated carbocycles. The van der Waals surface area contributed by atoms with Gasteiger partial charge in [-0.3, -0.25) is 9.36 Å². The Morgan fingerprint density at radius 2 is 1.89 bits per heavy atom. The molecule has 5 nitrogen and oxygen atoms in total. The number of benzene rings is 1. The van der Waals surface area contributed by atoms with Crippen LogP contribution in [0.4, 0.5) is 0 Å². The lowest BCUT2D eigenvalue weighted by Crippen LogP contribution is -2.22. The zero-order chi connectivity index (χ0) is 14.7. The molecule has 1 aromatic heterocycles. The summed E-state index contributed by atoms with van der Waals surface area (Å²) in [7, 11) is 0. The van der Waals surface area contributed by atoms with E-state index < -0.39 is 11.5 Å². The van der Waals surface area contributed by atoms with Crippen LogP contribution in [0.3, 0.4) is 0 Å². The summed E-state index contributed by atoms with van der Waals surface area (Å²) in [5, 5.41) is 18.8. The summed E-state index contributed by atoms with van der Waals surface area (Å²) in [5.41, 5.74) is -0.0856. The van der Waals surface area contributed by atoms with Gasteiger partial charge in [-0.15, -0.1) is 0 Å². The Morgan fingerprint density at radius 1 is 1.32 bits per heavy atom. The molecule has 1 aromatic carbocycles. The van der Waals surface area contributed by atoms with Crippen LogP contribution >= 0.6 is 11.6 Å². The highest BCUT2D eigenvalue weighted by Gasteiger charge is 2.16. The highest BCUT2D eigenvalue weighted by atomic mass is 35.5. The summed E-state index contributed by atoms with van der Waals surface area (Å²) in [5.74, 6) is -0.892. The van der Waals surface area contributed by atoms with Crippen molar-refractivity contribution in [1.82, 2.24) is 9.55 Å². The van der Waals surface area contributed by atoms with Gasteiger partial charge in [0.05, 0.1) is 17.2 Å². The first kappa shape index (κ1) is 15.3. The molecular formula is C13H17ClN2O3. The topological polar surface area (TPSA) is 75.3 Å². The first-order chi connectivity index (χ1) is 8.93. The Morgan fingerprint density at radius 3 is 2.42 bits per heavy atom. The van der Waals surface area contributed by atoms with Gasteiger partial charge in [-0.05, 0) is 13.8 Å². The monoisotopic (exact) mass is 284 g/mol. The van der Waals surface area contributed by atoms with E-state index in [1.807, 2.05) is 27.7 Å². The second kappa shape index (κ2) is 5.93. The van der Waals surface area contributed by atoms with E-state index in [0.717, 1.165) is 0 Å². The Hall–Kier alpha value is -1.75. The zero-order valence-corrected chi connectivity index (χ0v) is 12.1. The first-order valence-corrected chi connectivity index (χ1v) is 6.42. The van der Waals surface area contributed by atoms with Crippen molar-refractivity contribution in [1.29, 1.82) is 0 Å². The van der Waals surface area contributed by atoms with Crippen LogP contribution in [0.1, 0.15) is 33.7 Å². The van der Waals surface area contributed by atoms with Gasteiger partial charge in [0.2, 0.25) is 0 Å². The SMILES string of the molecule is CC.CC(C)n1cnc2cc(O)c(O)c(Cl)c2c1=O. The summed E-state index contributed by atoms with van der Waals surface area (Å²) in [6.07, 6.45) is 1.39. The molecular weight excluding hydrogens is 268 g/mol. The molecule has 0 amide bonds. The molecule has 2 N–H and O–H groups in total. The number of halogens is 1. The lowest BCUT2D eigenvalue weighted by molar-refractivity contribution is 0.405. The fraction of sp³-hybridized carbons (Fsp3) is 0.385. The number of fused-ring (bicyclic) bond motifs is 1. The largest absolute Gasteiger partial charge is 0.504 e. The minimum absolute atomic E-state index is 0.0635. The molecule has 2 rings (SSSR count). The van der Waals surface area contributed by atoms with Crippen molar-refractivity contribution in [2.45, 2.75) is 33.7 Å². The van der Waals surface area contributed by atoms with Gasteiger partial charge in [-0.2, -0.15) is 0 Å². The van der Waals surface area contributed by atoms with Gasteiger partial charge in [0.15, 0.2) is 11.5 Å². The Balaban J connectivity index is 0.000000861. The fourth-order valence-electron chi connectivity index (χ4n) is 1.59. The Labute approximate surface area is 116 Å². The quantitative estimate of drug-likeness (QED) is 0.789. The average molecular weight is 285 g/mol. The molecule has 0 aliphatic carbocycles. The van der Waals surface area contributed by atoms with Crippen LogP contribution in [0.2, 0.25) is 5.02 Å². The molecule has 0 bridgehead atoms. The van der Waals surface area contributed by atoms with Crippen LogP contribution in [-0.4, -0.2) is 19.8 Å². The predicted octanol–water partition coefficient (Wildman–Crippen LogP) is 3.07. The summed E-state index contributed by atoms with van der Waals surface area (Å²) < 4.78 is 1.41. The van der Waals surface area contributed by atoms with Crippen molar-refractivity contribution in [3.8, 4) is 11.5 Å². The molecule has 1 heterocycles. The third-order valence-electron chi connectivity index (χ3n) is 2.53. The van der Waals surface area contributed by atoms with Gasteiger partial charge in [0, 0.05) is 12.1 Å². The van der Waals surface area contributed by atoms with Crippen LogP contribution in [-0.2, 0) is 0 Å². The molecule has 104 valence electrons. The van der Waals surface area contributed by atoms with Crippen molar-refractivity contribution < 1.29 is 10.2 Å². The van der Waals surface area contributed by atoms with E-state index in [2.05, 4.69) is 4.98 Å². The van der Waals surface area contributed by atoms with E-state index in [4.69, 9.17) is 11.6 Å². The molecule has 0 unspecified atom stereocenters. The fourth-order valence-corrected chi connectivity index (χ4v) is 1.87. The number of nitrogens with zero attached hydrogens (tertiary/aromatic N) is 2. The third-order valence-corrected chi connectivity index (χ3v) is 2.89. The maximum atomic E-state index is 12.1. The zero-order valence-electron chi connectivity index (χ0n) is 11.3. The smallest absolute Gasteiger partial charge is 0.263 e. The molecule has 6 heteroatoms. The molecule has 0 aliphatic heterocycles. The van der Waals surface area contributed by atoms with Crippen LogP contribution in [0.5, 0.6) is 11.5 Å². The molecule has 0 saturated heterocycles. The van der Waals surface area contributed by atoms with Gasteiger partial charge >= 0.3 is 0 Å². The van der Waals surface area contributed by atoms with E-state index >= 15 is 0 Å². The van der Waals surface area contributed by atoms with Crippen molar-refractivity contribution in [3.05, 3.63) is 27.8 Å². The number of aromatic nitrogens is 2. The van der Waals surface area contributed by atoms with E-state index in [1.54, 1.807) is 0 Å².